The van der Waals surface area contributed by atoms with Crippen LogP contribution in [0.2, 0.25) is 0 Å². The second-order valence-corrected chi connectivity index (χ2v) is 3.13. The van der Waals surface area contributed by atoms with E-state index >= 15 is 0 Å². The van der Waals surface area contributed by atoms with Crippen molar-refractivity contribution in [2.45, 2.75) is 25.4 Å². The molecule has 2 amide bonds. The number of carboxylic acids is 2. The molecule has 0 aliphatic carbocycles. The minimum atomic E-state index is -1.08. The molecule has 1 fully saturated rings. The van der Waals surface area contributed by atoms with Crippen LogP contribution >= 0.6 is 0 Å². The molecule has 1 unspecified atom stereocenters. The third-order valence-corrected chi connectivity index (χ3v) is 1.76. The lowest BCUT2D eigenvalue weighted by Gasteiger charge is -1.98. The zero-order chi connectivity index (χ0) is 13.4. The Balaban J connectivity index is 0.000000304. The highest BCUT2D eigenvalue weighted by atomic mass is 16.5. The average molecular weight is 247 g/mol. The van der Waals surface area contributed by atoms with E-state index in [-0.39, 0.29) is 31.1 Å². The van der Waals surface area contributed by atoms with Crippen molar-refractivity contribution in [2.75, 3.05) is 7.11 Å². The average Bonchev–Trinajstić information content (AvgIpc) is 2.55. The van der Waals surface area contributed by atoms with Gasteiger partial charge in [0.25, 0.3) is 5.91 Å². The number of carbonyl (C=O) groups is 4. The first-order valence-electron chi connectivity index (χ1n) is 4.67. The first kappa shape index (κ1) is 15.0. The largest absolute Gasteiger partial charge is 0.481 e. The quantitative estimate of drug-likeness (QED) is 0.542. The molecule has 1 saturated heterocycles. The van der Waals surface area contributed by atoms with Crippen molar-refractivity contribution in [1.29, 1.82) is 0 Å². The Labute approximate surface area is 96.6 Å². The van der Waals surface area contributed by atoms with Crippen molar-refractivity contribution < 1.29 is 34.1 Å². The lowest BCUT2D eigenvalue weighted by atomic mass is 10.3. The van der Waals surface area contributed by atoms with Crippen LogP contribution in [0.4, 0.5) is 0 Å². The molecule has 1 aliphatic heterocycles. The van der Waals surface area contributed by atoms with Crippen molar-refractivity contribution in [3.63, 3.8) is 0 Å². The number of ether oxygens (including phenoxy) is 1. The predicted octanol–water partition coefficient (Wildman–Crippen LogP) is -1.02. The third-order valence-electron chi connectivity index (χ3n) is 1.76. The third kappa shape index (κ3) is 7.01. The van der Waals surface area contributed by atoms with Crippen molar-refractivity contribution in [1.82, 2.24) is 5.32 Å². The Morgan fingerprint density at radius 3 is 1.94 bits per heavy atom. The molecule has 0 bridgehead atoms. The summed E-state index contributed by atoms with van der Waals surface area (Å²) in [5, 5.41) is 17.9. The molecule has 0 saturated carbocycles. The summed E-state index contributed by atoms with van der Waals surface area (Å²) < 4.78 is 4.66. The number of aliphatic carboxylic acids is 2. The minimum Gasteiger partial charge on any atom is -0.481 e. The SMILES string of the molecule is COC1CC(=O)NC1=O.O=C(O)CCC(=O)O. The van der Waals surface area contributed by atoms with E-state index in [0.717, 1.165) is 0 Å². The molecule has 8 heteroatoms. The van der Waals surface area contributed by atoms with E-state index in [1.54, 1.807) is 0 Å². The number of hydrogen-bond acceptors (Lipinski definition) is 5. The minimum absolute atomic E-state index is 0.162. The first-order chi connectivity index (χ1) is 7.86. The molecule has 17 heavy (non-hydrogen) atoms. The molecule has 0 spiro atoms. The van der Waals surface area contributed by atoms with Gasteiger partial charge < -0.3 is 14.9 Å². The smallest absolute Gasteiger partial charge is 0.303 e. The molecule has 3 N–H and O–H groups in total. The van der Waals surface area contributed by atoms with E-state index in [4.69, 9.17) is 10.2 Å². The van der Waals surface area contributed by atoms with E-state index in [2.05, 4.69) is 10.1 Å². The van der Waals surface area contributed by atoms with E-state index < -0.39 is 18.0 Å². The summed E-state index contributed by atoms with van der Waals surface area (Å²) in [7, 11) is 1.41. The molecule has 1 atom stereocenters. The number of carbonyl (C=O) groups excluding carboxylic acids is 2. The molecule has 1 aliphatic rings. The highest BCUT2D eigenvalue weighted by Crippen LogP contribution is 2.03. The molecule has 1 rings (SSSR count). The van der Waals surface area contributed by atoms with E-state index in [0.29, 0.717) is 0 Å². The second-order valence-electron chi connectivity index (χ2n) is 3.13. The Bertz CT molecular complexity index is 311. The monoisotopic (exact) mass is 247 g/mol. The fourth-order valence-corrected chi connectivity index (χ4v) is 0.934. The van der Waals surface area contributed by atoms with Crippen LogP contribution in [0.25, 0.3) is 0 Å². The van der Waals surface area contributed by atoms with Crippen molar-refractivity contribution in [3.05, 3.63) is 0 Å². The maximum atomic E-state index is 10.6. The Morgan fingerprint density at radius 1 is 1.29 bits per heavy atom. The lowest BCUT2D eigenvalue weighted by molar-refractivity contribution is -0.143. The van der Waals surface area contributed by atoms with Crippen LogP contribution in [0.15, 0.2) is 0 Å². The van der Waals surface area contributed by atoms with Gasteiger partial charge in [0.15, 0.2) is 0 Å². The zero-order valence-corrected chi connectivity index (χ0v) is 9.13. The van der Waals surface area contributed by atoms with E-state index in [9.17, 15) is 19.2 Å². The van der Waals surface area contributed by atoms with Gasteiger partial charge in [-0.2, -0.15) is 0 Å². The maximum Gasteiger partial charge on any atom is 0.303 e. The van der Waals surface area contributed by atoms with E-state index in [1.165, 1.54) is 7.11 Å². The van der Waals surface area contributed by atoms with Crippen molar-refractivity contribution >= 4 is 23.8 Å². The predicted molar refractivity (Wildman–Crippen MR) is 53.1 cm³/mol. The Hall–Kier alpha value is -1.96. The standard InChI is InChI=1S/C5H7NO3.C4H6O4/c1-9-3-2-4(7)6-5(3)8;5-3(6)1-2-4(7)8/h3H,2H2,1H3,(H,6,7,8);1-2H2,(H,5,6)(H,7,8). The number of nitrogens with one attached hydrogen (secondary N) is 1. The highest BCUT2D eigenvalue weighted by Gasteiger charge is 2.29. The van der Waals surface area contributed by atoms with Gasteiger partial charge in [-0.05, 0) is 0 Å². The summed E-state index contributed by atoms with van der Waals surface area (Å²) in [5.74, 6) is -2.74. The van der Waals surface area contributed by atoms with Gasteiger partial charge in [-0.25, -0.2) is 0 Å². The van der Waals surface area contributed by atoms with Gasteiger partial charge in [-0.1, -0.05) is 0 Å². The van der Waals surface area contributed by atoms with Crippen LogP contribution in [0.1, 0.15) is 19.3 Å². The molecule has 0 aromatic heterocycles. The van der Waals surface area contributed by atoms with Gasteiger partial charge in [0, 0.05) is 7.11 Å². The van der Waals surface area contributed by atoms with Gasteiger partial charge in [0.2, 0.25) is 5.91 Å². The molecule has 96 valence electrons. The first-order valence-corrected chi connectivity index (χ1v) is 4.67. The summed E-state index contributed by atoms with van der Waals surface area (Å²) in [6, 6.07) is 0. The maximum absolute atomic E-state index is 10.6. The van der Waals surface area contributed by atoms with Crippen molar-refractivity contribution in [2.24, 2.45) is 0 Å². The normalized spacial score (nSPS) is 18.1. The highest BCUT2D eigenvalue weighted by molar-refractivity contribution is 6.04. The summed E-state index contributed by atoms with van der Waals surface area (Å²) in [6.45, 7) is 0. The van der Waals surface area contributed by atoms with Gasteiger partial charge in [0.1, 0.15) is 6.10 Å². The van der Waals surface area contributed by atoms with Crippen LogP contribution in [0.3, 0.4) is 0 Å². The Kier molecular flexibility index (Phi) is 6.49. The van der Waals surface area contributed by atoms with Gasteiger partial charge in [0.05, 0.1) is 19.3 Å². The number of imide groups is 1. The number of carboxylic acid groups (broad SMARTS) is 2. The van der Waals surface area contributed by atoms with E-state index in [1.807, 2.05) is 0 Å². The lowest BCUT2D eigenvalue weighted by Crippen LogP contribution is -2.25. The number of hydrogen-bond donors (Lipinski definition) is 3. The summed E-state index contributed by atoms with van der Waals surface area (Å²) in [6.07, 6.45) is -0.988. The number of amides is 2. The van der Waals surface area contributed by atoms with Crippen LogP contribution in [0, 0.1) is 0 Å². The fraction of sp³-hybridized carbons (Fsp3) is 0.556. The van der Waals surface area contributed by atoms with Gasteiger partial charge in [-0.15, -0.1) is 0 Å². The van der Waals surface area contributed by atoms with Crippen LogP contribution in [-0.4, -0.2) is 47.2 Å². The summed E-state index contributed by atoms with van der Waals surface area (Å²) >= 11 is 0. The molecule has 1 heterocycles. The molecule has 8 nitrogen and oxygen atoms in total. The molecular formula is C9H13NO7. The Morgan fingerprint density at radius 2 is 1.76 bits per heavy atom. The molecule has 0 aromatic rings. The van der Waals surface area contributed by atoms with Crippen LogP contribution in [0.5, 0.6) is 0 Å². The van der Waals surface area contributed by atoms with Crippen LogP contribution < -0.4 is 5.32 Å². The second kappa shape index (κ2) is 7.34. The number of methoxy groups -OCH3 is 1. The van der Waals surface area contributed by atoms with Gasteiger partial charge >= 0.3 is 11.9 Å². The number of rotatable bonds is 4. The zero-order valence-electron chi connectivity index (χ0n) is 9.13. The molecule has 0 aromatic carbocycles. The van der Waals surface area contributed by atoms with Crippen molar-refractivity contribution in [3.8, 4) is 0 Å². The van der Waals surface area contributed by atoms with Crippen LogP contribution in [-0.2, 0) is 23.9 Å². The fourth-order valence-electron chi connectivity index (χ4n) is 0.934. The topological polar surface area (TPSA) is 130 Å². The molecular weight excluding hydrogens is 234 g/mol. The summed E-state index contributed by atoms with van der Waals surface area (Å²) in [4.78, 5) is 40.3. The molecule has 0 radical (unpaired) electrons. The van der Waals surface area contributed by atoms with Gasteiger partial charge in [-0.3, -0.25) is 24.5 Å². The summed E-state index contributed by atoms with van der Waals surface area (Å²) in [5.41, 5.74) is 0.